The normalized spacial score (nSPS) is 15.3. The molecule has 2 amide bonds. The Kier molecular flexibility index (Phi) is 3.55. The van der Waals surface area contributed by atoms with Crippen LogP contribution in [0.3, 0.4) is 0 Å². The third-order valence-corrected chi connectivity index (χ3v) is 3.22. The Balaban J connectivity index is 2.23. The minimum atomic E-state index is -0.638. The lowest BCUT2D eigenvalue weighted by atomic mass is 10.1. The molecule has 0 unspecified atom stereocenters. The number of piperazine rings is 1. The summed E-state index contributed by atoms with van der Waals surface area (Å²) in [6, 6.07) is 3.89. The number of nitrogen functional groups attached to an aromatic ring is 1. The van der Waals surface area contributed by atoms with E-state index in [2.05, 4.69) is 0 Å². The highest BCUT2D eigenvalue weighted by molar-refractivity contribution is 5.98. The average Bonchev–Trinajstić information content (AvgIpc) is 2.41. The van der Waals surface area contributed by atoms with Crippen LogP contribution < -0.4 is 5.73 Å². The van der Waals surface area contributed by atoms with Gasteiger partial charge in [0, 0.05) is 31.8 Å². The van der Waals surface area contributed by atoms with Crippen molar-refractivity contribution in [3.05, 3.63) is 33.9 Å². The number of nitro benzene ring substituents is 1. The first-order chi connectivity index (χ1) is 9.40. The number of hydrogen-bond donors (Lipinski definition) is 1. The van der Waals surface area contributed by atoms with Crippen LogP contribution in [0.4, 0.5) is 11.4 Å². The van der Waals surface area contributed by atoms with E-state index in [9.17, 15) is 19.7 Å². The van der Waals surface area contributed by atoms with Gasteiger partial charge in [0.05, 0.1) is 4.92 Å². The monoisotopic (exact) mass is 278 g/mol. The SMILES string of the molecule is CN1CCN(C(=O)c2ccc(N)c([N+](=O)[O-])c2)CC1=O. The van der Waals surface area contributed by atoms with Crippen molar-refractivity contribution in [2.24, 2.45) is 0 Å². The molecule has 1 fully saturated rings. The lowest BCUT2D eigenvalue weighted by Gasteiger charge is -2.32. The molecule has 0 spiro atoms. The van der Waals surface area contributed by atoms with Crippen LogP contribution in [0, 0.1) is 10.1 Å². The molecule has 20 heavy (non-hydrogen) atoms. The number of benzene rings is 1. The fraction of sp³-hybridized carbons (Fsp3) is 0.333. The summed E-state index contributed by atoms with van der Waals surface area (Å²) in [6.45, 7) is 0.828. The summed E-state index contributed by atoms with van der Waals surface area (Å²) in [6.07, 6.45) is 0. The summed E-state index contributed by atoms with van der Waals surface area (Å²) < 4.78 is 0. The number of carbonyl (C=O) groups is 2. The van der Waals surface area contributed by atoms with E-state index in [0.29, 0.717) is 13.1 Å². The van der Waals surface area contributed by atoms with Crippen molar-refractivity contribution in [1.82, 2.24) is 9.80 Å². The maximum atomic E-state index is 12.2. The number of rotatable bonds is 2. The lowest BCUT2D eigenvalue weighted by molar-refractivity contribution is -0.383. The van der Waals surface area contributed by atoms with Crippen molar-refractivity contribution in [3.8, 4) is 0 Å². The second-order valence-corrected chi connectivity index (χ2v) is 4.57. The van der Waals surface area contributed by atoms with E-state index in [1.54, 1.807) is 7.05 Å². The number of carbonyl (C=O) groups excluding carboxylic acids is 2. The number of nitro groups is 1. The van der Waals surface area contributed by atoms with Crippen LogP contribution in [0.25, 0.3) is 0 Å². The van der Waals surface area contributed by atoms with Crippen LogP contribution in [0.5, 0.6) is 0 Å². The first-order valence-corrected chi connectivity index (χ1v) is 5.97. The first-order valence-electron chi connectivity index (χ1n) is 5.97. The summed E-state index contributed by atoms with van der Waals surface area (Å²) in [5.74, 6) is -0.566. The molecule has 0 atom stereocenters. The van der Waals surface area contributed by atoms with Crippen molar-refractivity contribution < 1.29 is 14.5 Å². The molecule has 8 nitrogen and oxygen atoms in total. The second kappa shape index (κ2) is 5.16. The van der Waals surface area contributed by atoms with Crippen molar-refractivity contribution in [2.75, 3.05) is 32.4 Å². The van der Waals surface area contributed by atoms with Crippen LogP contribution in [0.15, 0.2) is 18.2 Å². The Morgan fingerprint density at radius 2 is 2.10 bits per heavy atom. The van der Waals surface area contributed by atoms with Gasteiger partial charge in [-0.3, -0.25) is 19.7 Å². The summed E-state index contributed by atoms with van der Waals surface area (Å²) in [5, 5.41) is 10.8. The molecule has 1 aromatic carbocycles. The van der Waals surface area contributed by atoms with Gasteiger partial charge in [-0.15, -0.1) is 0 Å². The van der Waals surface area contributed by atoms with Gasteiger partial charge < -0.3 is 15.5 Å². The van der Waals surface area contributed by atoms with Gasteiger partial charge in [-0.05, 0) is 12.1 Å². The van der Waals surface area contributed by atoms with Gasteiger partial charge in [0.2, 0.25) is 5.91 Å². The molecule has 8 heteroatoms. The predicted molar refractivity (Wildman–Crippen MR) is 71.0 cm³/mol. The average molecular weight is 278 g/mol. The van der Waals surface area contributed by atoms with E-state index in [1.165, 1.54) is 21.9 Å². The van der Waals surface area contributed by atoms with Crippen molar-refractivity contribution in [2.45, 2.75) is 0 Å². The molecular formula is C12H14N4O4. The summed E-state index contributed by atoms with van der Waals surface area (Å²) >= 11 is 0. The van der Waals surface area contributed by atoms with E-state index in [0.717, 1.165) is 6.07 Å². The third kappa shape index (κ3) is 2.53. The number of anilines is 1. The molecule has 1 heterocycles. The van der Waals surface area contributed by atoms with E-state index in [1.807, 2.05) is 0 Å². The molecule has 106 valence electrons. The van der Waals surface area contributed by atoms with Crippen molar-refractivity contribution >= 4 is 23.2 Å². The molecule has 0 saturated carbocycles. The molecule has 0 aromatic heterocycles. The van der Waals surface area contributed by atoms with Crippen LogP contribution in [-0.2, 0) is 4.79 Å². The van der Waals surface area contributed by atoms with Gasteiger partial charge in [0.1, 0.15) is 12.2 Å². The molecule has 0 radical (unpaired) electrons. The van der Waals surface area contributed by atoms with E-state index in [4.69, 9.17) is 5.73 Å². The third-order valence-electron chi connectivity index (χ3n) is 3.22. The Labute approximate surface area is 114 Å². The number of nitrogens with two attached hydrogens (primary N) is 1. The predicted octanol–water partition coefficient (Wildman–Crippen LogP) is 0.0912. The molecule has 0 bridgehead atoms. The number of hydrogen-bond acceptors (Lipinski definition) is 5. The summed E-state index contributed by atoms with van der Waals surface area (Å²) in [5.41, 5.74) is 5.33. The maximum absolute atomic E-state index is 12.2. The molecule has 2 rings (SSSR count). The summed E-state index contributed by atoms with van der Waals surface area (Å²) in [7, 11) is 1.66. The molecule has 0 aliphatic carbocycles. The van der Waals surface area contributed by atoms with Gasteiger partial charge in [-0.1, -0.05) is 0 Å². The Morgan fingerprint density at radius 3 is 2.70 bits per heavy atom. The highest BCUT2D eigenvalue weighted by Gasteiger charge is 2.26. The highest BCUT2D eigenvalue weighted by atomic mass is 16.6. The largest absolute Gasteiger partial charge is 0.393 e. The Morgan fingerprint density at radius 1 is 1.40 bits per heavy atom. The smallest absolute Gasteiger partial charge is 0.292 e. The first kappa shape index (κ1) is 13.8. The fourth-order valence-electron chi connectivity index (χ4n) is 1.95. The standard InChI is InChI=1S/C12H14N4O4/c1-14-4-5-15(7-11(14)17)12(18)8-2-3-9(13)10(6-8)16(19)20/h2-3,6H,4-5,7,13H2,1H3. The van der Waals surface area contributed by atoms with Crippen molar-refractivity contribution in [3.63, 3.8) is 0 Å². The van der Waals surface area contributed by atoms with E-state index < -0.39 is 10.8 Å². The Hall–Kier alpha value is -2.64. The molecular weight excluding hydrogens is 264 g/mol. The number of nitrogens with zero attached hydrogens (tertiary/aromatic N) is 3. The van der Waals surface area contributed by atoms with Gasteiger partial charge in [0.15, 0.2) is 0 Å². The molecule has 2 N–H and O–H groups in total. The van der Waals surface area contributed by atoms with Crippen LogP contribution in [-0.4, -0.2) is 53.2 Å². The maximum Gasteiger partial charge on any atom is 0.292 e. The van der Waals surface area contributed by atoms with Gasteiger partial charge in [0.25, 0.3) is 11.6 Å². The van der Waals surface area contributed by atoms with Crippen LogP contribution in [0.2, 0.25) is 0 Å². The minimum absolute atomic E-state index is 0.000930. The highest BCUT2D eigenvalue weighted by Crippen LogP contribution is 2.23. The van der Waals surface area contributed by atoms with Gasteiger partial charge in [-0.25, -0.2) is 0 Å². The van der Waals surface area contributed by atoms with E-state index in [-0.39, 0.29) is 29.4 Å². The molecule has 1 aliphatic heterocycles. The molecule has 1 aromatic rings. The zero-order valence-corrected chi connectivity index (χ0v) is 10.9. The molecule has 1 saturated heterocycles. The fourth-order valence-corrected chi connectivity index (χ4v) is 1.95. The number of amides is 2. The van der Waals surface area contributed by atoms with Gasteiger partial charge in [-0.2, -0.15) is 0 Å². The van der Waals surface area contributed by atoms with Crippen molar-refractivity contribution in [1.29, 1.82) is 0 Å². The zero-order valence-electron chi connectivity index (χ0n) is 10.9. The topological polar surface area (TPSA) is 110 Å². The number of likely N-dealkylation sites (N-methyl/N-ethyl adjacent to an activating group) is 1. The summed E-state index contributed by atoms with van der Waals surface area (Å²) in [4.78, 5) is 36.9. The lowest BCUT2D eigenvalue weighted by Crippen LogP contribution is -2.50. The zero-order chi connectivity index (χ0) is 14.9. The van der Waals surface area contributed by atoms with Gasteiger partial charge >= 0.3 is 0 Å². The minimum Gasteiger partial charge on any atom is -0.393 e. The van der Waals surface area contributed by atoms with Crippen LogP contribution >= 0.6 is 0 Å². The second-order valence-electron chi connectivity index (χ2n) is 4.57. The Bertz CT molecular complexity index is 587. The van der Waals surface area contributed by atoms with Crippen LogP contribution in [0.1, 0.15) is 10.4 Å². The quantitative estimate of drug-likeness (QED) is 0.468. The molecule has 1 aliphatic rings. The van der Waals surface area contributed by atoms with E-state index >= 15 is 0 Å².